The molecule has 1 aromatic carbocycles. The number of furan rings is 1. The second-order valence-corrected chi connectivity index (χ2v) is 8.32. The third kappa shape index (κ3) is 1.43. The van der Waals surface area contributed by atoms with Gasteiger partial charge in [0.05, 0.1) is 33.7 Å². The van der Waals surface area contributed by atoms with E-state index in [0.29, 0.717) is 0 Å². The van der Waals surface area contributed by atoms with Crippen LogP contribution < -0.4 is 10.6 Å². The summed E-state index contributed by atoms with van der Waals surface area (Å²) in [5, 5.41) is 3.24. The molecule has 0 fully saturated rings. The summed E-state index contributed by atoms with van der Waals surface area (Å²) in [6.45, 7) is 1.95. The van der Waals surface area contributed by atoms with Crippen LogP contribution in [0.5, 0.6) is 0 Å². The molecule has 0 spiro atoms. The standard InChI is InChI=1S/C25H15N3O2/c1-12-19-20-13-6-2-4-8-15(13)27-17-10-11-18(30-17)28-16-9-5-3-7-14(16)21(24(28)23(20)27)22(19)25(29)26-12/h2-6,8-11,15H,7H2,1H3. The van der Waals surface area contributed by atoms with Crippen molar-refractivity contribution in [2.75, 3.05) is 0 Å². The number of amides is 1. The van der Waals surface area contributed by atoms with Gasteiger partial charge in [-0.2, -0.15) is 0 Å². The highest BCUT2D eigenvalue weighted by Gasteiger charge is 2.36. The van der Waals surface area contributed by atoms with E-state index >= 15 is 0 Å². The van der Waals surface area contributed by atoms with Crippen molar-refractivity contribution in [3.8, 4) is 0 Å². The lowest BCUT2D eigenvalue weighted by Crippen LogP contribution is -2.17. The molecular weight excluding hydrogens is 374 g/mol. The number of hydrogen-bond acceptors (Lipinski definition) is 2. The average Bonchev–Trinajstić information content (AvgIpc) is 3.46. The van der Waals surface area contributed by atoms with Gasteiger partial charge in [-0.05, 0) is 30.6 Å². The zero-order chi connectivity index (χ0) is 19.7. The van der Waals surface area contributed by atoms with E-state index in [-0.39, 0.29) is 11.9 Å². The van der Waals surface area contributed by atoms with Crippen LogP contribution in [0.3, 0.4) is 0 Å². The molecule has 4 aliphatic rings. The van der Waals surface area contributed by atoms with Gasteiger partial charge in [0.15, 0.2) is 0 Å². The second kappa shape index (κ2) is 4.65. The van der Waals surface area contributed by atoms with E-state index in [2.05, 4.69) is 56.5 Å². The molecule has 8 rings (SSSR count). The Kier molecular flexibility index (Phi) is 2.33. The summed E-state index contributed by atoms with van der Waals surface area (Å²) in [6.07, 6.45) is 15.7. The molecule has 0 saturated carbocycles. The minimum atomic E-state index is -0.130. The molecule has 5 nitrogen and oxygen atoms in total. The van der Waals surface area contributed by atoms with Gasteiger partial charge in [-0.25, -0.2) is 4.99 Å². The number of allylic oxidation sites excluding steroid dienone is 6. The molecule has 2 bridgehead atoms. The van der Waals surface area contributed by atoms with Gasteiger partial charge in [0.1, 0.15) is 0 Å². The van der Waals surface area contributed by atoms with Crippen LogP contribution in [0.25, 0.3) is 39.5 Å². The molecule has 5 heterocycles. The SMILES string of the molecule is CC1=NC(=O)c2c1c1c3c4c2c2c(n4c4ccc(o4)n3C3C=CC=CC=13)=CC=CC2. The first kappa shape index (κ1) is 15.0. The predicted octanol–water partition coefficient (Wildman–Crippen LogP) is 3.33. The summed E-state index contributed by atoms with van der Waals surface area (Å²) in [5.74, 6) is -0.130. The van der Waals surface area contributed by atoms with Gasteiger partial charge in [-0.1, -0.05) is 36.5 Å². The first-order chi connectivity index (χ1) is 14.7. The van der Waals surface area contributed by atoms with E-state index in [1.54, 1.807) is 0 Å². The first-order valence-electron chi connectivity index (χ1n) is 10.2. The Bertz CT molecular complexity index is 1790. The topological polar surface area (TPSA) is 51.9 Å². The number of benzene rings is 1. The van der Waals surface area contributed by atoms with E-state index in [1.807, 2.05) is 19.1 Å². The smallest absolute Gasteiger partial charge is 0.278 e. The van der Waals surface area contributed by atoms with Crippen molar-refractivity contribution in [3.63, 3.8) is 0 Å². The Morgan fingerprint density at radius 3 is 2.93 bits per heavy atom. The maximum atomic E-state index is 13.2. The summed E-state index contributed by atoms with van der Waals surface area (Å²) >= 11 is 0. The van der Waals surface area contributed by atoms with Crippen LogP contribution in [0.2, 0.25) is 0 Å². The van der Waals surface area contributed by atoms with Crippen LogP contribution >= 0.6 is 0 Å². The van der Waals surface area contributed by atoms with Crippen LogP contribution in [0.15, 0.2) is 58.0 Å². The van der Waals surface area contributed by atoms with Crippen LogP contribution in [-0.4, -0.2) is 20.6 Å². The average molecular weight is 389 g/mol. The summed E-state index contributed by atoms with van der Waals surface area (Å²) in [6, 6.07) is 4.12. The van der Waals surface area contributed by atoms with E-state index in [0.717, 1.165) is 61.7 Å². The molecule has 5 heteroatoms. The molecule has 142 valence electrons. The number of fused-ring (bicyclic) bond motifs is 12. The number of hydrogen-bond donors (Lipinski definition) is 0. The van der Waals surface area contributed by atoms with Gasteiger partial charge in [-0.3, -0.25) is 13.8 Å². The van der Waals surface area contributed by atoms with Gasteiger partial charge in [0.2, 0.25) is 11.4 Å². The van der Waals surface area contributed by atoms with E-state index in [9.17, 15) is 4.79 Å². The van der Waals surface area contributed by atoms with Crippen molar-refractivity contribution in [2.45, 2.75) is 19.4 Å². The van der Waals surface area contributed by atoms with Crippen molar-refractivity contribution >= 4 is 51.1 Å². The highest BCUT2D eigenvalue weighted by molar-refractivity contribution is 6.28. The summed E-state index contributed by atoms with van der Waals surface area (Å²) < 4.78 is 10.9. The largest absolute Gasteiger partial charge is 0.424 e. The summed E-state index contributed by atoms with van der Waals surface area (Å²) in [7, 11) is 0. The molecule has 0 radical (unpaired) electrons. The van der Waals surface area contributed by atoms with E-state index in [1.165, 1.54) is 11.1 Å². The fraction of sp³-hybridized carbons (Fsp3) is 0.120. The lowest BCUT2D eigenvalue weighted by atomic mass is 9.92. The van der Waals surface area contributed by atoms with E-state index < -0.39 is 0 Å². The number of rotatable bonds is 0. The molecule has 1 atom stereocenters. The third-order valence-corrected chi connectivity index (χ3v) is 6.92. The molecule has 0 N–H and O–H groups in total. The summed E-state index contributed by atoms with van der Waals surface area (Å²) in [5.41, 5.74) is 8.73. The highest BCUT2D eigenvalue weighted by atomic mass is 16.4. The Labute approximate surface area is 169 Å². The maximum absolute atomic E-state index is 13.2. The molecule has 0 saturated heterocycles. The van der Waals surface area contributed by atoms with Gasteiger partial charge >= 0.3 is 0 Å². The van der Waals surface area contributed by atoms with E-state index in [4.69, 9.17) is 4.42 Å². The predicted molar refractivity (Wildman–Crippen MR) is 116 cm³/mol. The first-order valence-corrected chi connectivity index (χ1v) is 10.2. The van der Waals surface area contributed by atoms with Crippen molar-refractivity contribution < 1.29 is 9.21 Å². The Morgan fingerprint density at radius 2 is 2.00 bits per heavy atom. The van der Waals surface area contributed by atoms with Gasteiger partial charge in [0, 0.05) is 28.3 Å². The number of nitrogens with zero attached hydrogens (tertiary/aromatic N) is 3. The fourth-order valence-electron chi connectivity index (χ4n) is 5.87. The number of carbonyl (C=O) groups excluding carboxylic acids is 1. The molecule has 1 amide bonds. The second-order valence-electron chi connectivity index (χ2n) is 8.32. The van der Waals surface area contributed by atoms with Crippen LogP contribution in [-0.2, 0) is 6.42 Å². The number of aromatic nitrogens is 2. The molecule has 3 aromatic heterocycles. The third-order valence-electron chi connectivity index (χ3n) is 6.92. The molecule has 2 aliphatic heterocycles. The van der Waals surface area contributed by atoms with Crippen LogP contribution in [0.1, 0.15) is 34.5 Å². The number of aliphatic imine (C=N–C) groups is 1. The molecule has 1 unspecified atom stereocenters. The van der Waals surface area contributed by atoms with Crippen LogP contribution in [0, 0.1) is 0 Å². The Hall–Kier alpha value is -3.86. The zero-order valence-corrected chi connectivity index (χ0v) is 16.1. The van der Waals surface area contributed by atoms with Crippen LogP contribution in [0.4, 0.5) is 0 Å². The van der Waals surface area contributed by atoms with Crippen molar-refractivity contribution in [1.29, 1.82) is 0 Å². The van der Waals surface area contributed by atoms with Gasteiger partial charge in [0.25, 0.3) is 5.91 Å². The minimum Gasteiger partial charge on any atom is -0.424 e. The van der Waals surface area contributed by atoms with Crippen molar-refractivity contribution in [3.05, 3.63) is 75.8 Å². The monoisotopic (exact) mass is 389 g/mol. The molecule has 4 aromatic rings. The quantitative estimate of drug-likeness (QED) is 0.463. The molecule has 30 heavy (non-hydrogen) atoms. The molecular formula is C25H15N3O2. The van der Waals surface area contributed by atoms with Crippen molar-refractivity contribution in [2.24, 2.45) is 4.99 Å². The zero-order valence-electron chi connectivity index (χ0n) is 16.1. The highest BCUT2D eigenvalue weighted by Crippen LogP contribution is 2.41. The van der Waals surface area contributed by atoms with Crippen molar-refractivity contribution in [1.82, 2.24) is 8.97 Å². The lowest BCUT2D eigenvalue weighted by Gasteiger charge is -2.15. The van der Waals surface area contributed by atoms with Gasteiger partial charge < -0.3 is 4.42 Å². The molecule has 2 aliphatic carbocycles. The Balaban J connectivity index is 1.85. The normalized spacial score (nSPS) is 20.4. The van der Waals surface area contributed by atoms with Gasteiger partial charge in [-0.15, -0.1) is 0 Å². The fourth-order valence-corrected chi connectivity index (χ4v) is 5.87. The summed E-state index contributed by atoms with van der Waals surface area (Å²) in [4.78, 5) is 17.6. The number of carbonyl (C=O) groups is 1. The Morgan fingerprint density at radius 1 is 1.10 bits per heavy atom. The maximum Gasteiger partial charge on any atom is 0.278 e. The minimum absolute atomic E-state index is 0.0442. The lowest BCUT2D eigenvalue weighted by molar-refractivity contribution is 0.101.